The van der Waals surface area contributed by atoms with Crippen molar-refractivity contribution in [2.24, 2.45) is 0 Å². The molecule has 1 fully saturated rings. The van der Waals surface area contributed by atoms with Crippen LogP contribution in [0.3, 0.4) is 0 Å². The lowest BCUT2D eigenvalue weighted by Crippen LogP contribution is -2.38. The zero-order valence-electron chi connectivity index (χ0n) is 14.7. The minimum atomic E-state index is -0.410. The van der Waals surface area contributed by atoms with Gasteiger partial charge in [0.05, 0.1) is 25.9 Å². The van der Waals surface area contributed by atoms with E-state index in [2.05, 4.69) is 15.2 Å². The number of aromatic amines is 1. The molecule has 0 bridgehead atoms. The van der Waals surface area contributed by atoms with Gasteiger partial charge in [-0.25, -0.2) is 4.79 Å². The Morgan fingerprint density at radius 1 is 1.33 bits per heavy atom. The normalized spacial score (nSPS) is 15.3. The number of H-pyrrole nitrogens is 1. The molecule has 2 N–H and O–H groups in total. The number of nitrogens with zero attached hydrogens (tertiary/aromatic N) is 1. The first-order valence-corrected chi connectivity index (χ1v) is 8.46. The summed E-state index contributed by atoms with van der Waals surface area (Å²) < 4.78 is 10.1. The molecular formula is C17H27N3O4. The van der Waals surface area contributed by atoms with Gasteiger partial charge in [0.2, 0.25) is 0 Å². The maximum absolute atomic E-state index is 12.4. The Labute approximate surface area is 142 Å². The van der Waals surface area contributed by atoms with Crippen LogP contribution in [0.4, 0.5) is 0 Å². The number of morpholine rings is 1. The second-order valence-corrected chi connectivity index (χ2v) is 5.89. The highest BCUT2D eigenvalue weighted by atomic mass is 16.5. The lowest BCUT2D eigenvalue weighted by atomic mass is 10.1. The van der Waals surface area contributed by atoms with Gasteiger partial charge in [-0.1, -0.05) is 6.92 Å². The van der Waals surface area contributed by atoms with E-state index in [1.807, 2.05) is 6.92 Å². The van der Waals surface area contributed by atoms with Crippen molar-refractivity contribution in [1.29, 1.82) is 0 Å². The molecule has 0 unspecified atom stereocenters. The van der Waals surface area contributed by atoms with Crippen LogP contribution in [-0.2, 0) is 15.9 Å². The SMILES string of the molecule is CCc1[nH]c(C(=O)NCCCN2CCOCC2)c(C)c1C(=O)OC. The fourth-order valence-electron chi connectivity index (χ4n) is 2.95. The summed E-state index contributed by atoms with van der Waals surface area (Å²) in [5, 5.41) is 2.92. The Morgan fingerprint density at radius 2 is 2.04 bits per heavy atom. The van der Waals surface area contributed by atoms with Crippen molar-refractivity contribution < 1.29 is 19.1 Å². The van der Waals surface area contributed by atoms with Gasteiger partial charge in [0.25, 0.3) is 5.91 Å². The Bertz CT molecular complexity index is 577. The van der Waals surface area contributed by atoms with Crippen LogP contribution in [0, 0.1) is 6.92 Å². The molecule has 7 nitrogen and oxygen atoms in total. The van der Waals surface area contributed by atoms with Crippen LogP contribution in [0.1, 0.15) is 45.4 Å². The fraction of sp³-hybridized carbons (Fsp3) is 0.647. The number of aryl methyl sites for hydroxylation is 1. The summed E-state index contributed by atoms with van der Waals surface area (Å²) in [6.45, 7) is 8.71. The maximum atomic E-state index is 12.4. The molecule has 1 aliphatic rings. The largest absolute Gasteiger partial charge is 0.465 e. The number of aromatic nitrogens is 1. The van der Waals surface area contributed by atoms with Gasteiger partial charge >= 0.3 is 5.97 Å². The maximum Gasteiger partial charge on any atom is 0.339 e. The van der Waals surface area contributed by atoms with Crippen molar-refractivity contribution in [2.75, 3.05) is 46.5 Å². The zero-order valence-corrected chi connectivity index (χ0v) is 14.7. The van der Waals surface area contributed by atoms with Crippen molar-refractivity contribution in [1.82, 2.24) is 15.2 Å². The number of carbonyl (C=O) groups is 2. The molecule has 24 heavy (non-hydrogen) atoms. The lowest BCUT2D eigenvalue weighted by Gasteiger charge is -2.26. The van der Waals surface area contributed by atoms with Crippen molar-refractivity contribution in [3.05, 3.63) is 22.5 Å². The summed E-state index contributed by atoms with van der Waals surface area (Å²) >= 11 is 0. The monoisotopic (exact) mass is 337 g/mol. The highest BCUT2D eigenvalue weighted by molar-refractivity contribution is 6.00. The summed E-state index contributed by atoms with van der Waals surface area (Å²) in [4.78, 5) is 29.7. The summed E-state index contributed by atoms with van der Waals surface area (Å²) in [7, 11) is 1.35. The van der Waals surface area contributed by atoms with E-state index >= 15 is 0 Å². The van der Waals surface area contributed by atoms with Gasteiger partial charge in [-0.3, -0.25) is 9.69 Å². The Hall–Kier alpha value is -1.86. The average molecular weight is 337 g/mol. The minimum Gasteiger partial charge on any atom is -0.465 e. The number of amides is 1. The molecule has 1 saturated heterocycles. The third-order valence-electron chi connectivity index (χ3n) is 4.34. The molecular weight excluding hydrogens is 310 g/mol. The van der Waals surface area contributed by atoms with Crippen molar-refractivity contribution >= 4 is 11.9 Å². The fourth-order valence-corrected chi connectivity index (χ4v) is 2.95. The van der Waals surface area contributed by atoms with E-state index in [0.717, 1.165) is 45.0 Å². The van der Waals surface area contributed by atoms with Gasteiger partial charge in [0.1, 0.15) is 5.69 Å². The third-order valence-corrected chi connectivity index (χ3v) is 4.34. The molecule has 0 saturated carbocycles. The predicted molar refractivity (Wildman–Crippen MR) is 90.5 cm³/mol. The summed E-state index contributed by atoms with van der Waals surface area (Å²) in [5.41, 5.74) is 2.29. The molecule has 0 aliphatic carbocycles. The molecule has 2 rings (SSSR count). The highest BCUT2D eigenvalue weighted by Crippen LogP contribution is 2.20. The van der Waals surface area contributed by atoms with Crippen molar-refractivity contribution in [2.45, 2.75) is 26.7 Å². The minimum absolute atomic E-state index is 0.181. The van der Waals surface area contributed by atoms with Crippen LogP contribution < -0.4 is 5.32 Å². The first-order valence-electron chi connectivity index (χ1n) is 8.46. The number of rotatable bonds is 7. The van der Waals surface area contributed by atoms with Gasteiger partial charge in [0.15, 0.2) is 0 Å². The summed E-state index contributed by atoms with van der Waals surface area (Å²) in [6, 6.07) is 0. The third kappa shape index (κ3) is 4.36. The molecule has 0 spiro atoms. The smallest absolute Gasteiger partial charge is 0.339 e. The molecule has 1 aliphatic heterocycles. The second kappa shape index (κ2) is 8.84. The number of methoxy groups -OCH3 is 1. The molecule has 1 aromatic rings. The number of esters is 1. The molecule has 1 aromatic heterocycles. The Kier molecular flexibility index (Phi) is 6.81. The van der Waals surface area contributed by atoms with Gasteiger partial charge in [0, 0.05) is 25.3 Å². The van der Waals surface area contributed by atoms with Crippen molar-refractivity contribution in [3.8, 4) is 0 Å². The van der Waals surface area contributed by atoms with Gasteiger partial charge < -0.3 is 19.8 Å². The van der Waals surface area contributed by atoms with Crippen LogP contribution in [0.2, 0.25) is 0 Å². The van der Waals surface area contributed by atoms with Crippen LogP contribution in [0.25, 0.3) is 0 Å². The van der Waals surface area contributed by atoms with E-state index < -0.39 is 5.97 Å². The van der Waals surface area contributed by atoms with Gasteiger partial charge in [-0.05, 0) is 31.9 Å². The number of carbonyl (C=O) groups excluding carboxylic acids is 2. The second-order valence-electron chi connectivity index (χ2n) is 5.89. The van der Waals surface area contributed by atoms with Gasteiger partial charge in [-0.2, -0.15) is 0 Å². The molecule has 134 valence electrons. The molecule has 0 aromatic carbocycles. The van der Waals surface area contributed by atoms with E-state index in [4.69, 9.17) is 9.47 Å². The topological polar surface area (TPSA) is 83.7 Å². The van der Waals surface area contributed by atoms with Crippen LogP contribution >= 0.6 is 0 Å². The van der Waals surface area contributed by atoms with E-state index in [1.165, 1.54) is 7.11 Å². The molecule has 7 heteroatoms. The molecule has 2 heterocycles. The van der Waals surface area contributed by atoms with E-state index in [1.54, 1.807) is 6.92 Å². The predicted octanol–water partition coefficient (Wildman–Crippen LogP) is 1.12. The summed E-state index contributed by atoms with van der Waals surface area (Å²) in [6.07, 6.45) is 1.52. The highest BCUT2D eigenvalue weighted by Gasteiger charge is 2.23. The number of nitrogens with one attached hydrogen (secondary N) is 2. The van der Waals surface area contributed by atoms with E-state index in [9.17, 15) is 9.59 Å². The van der Waals surface area contributed by atoms with Crippen LogP contribution in [0.15, 0.2) is 0 Å². The first-order chi connectivity index (χ1) is 11.6. The first kappa shape index (κ1) is 18.5. The lowest BCUT2D eigenvalue weighted by molar-refractivity contribution is 0.0374. The van der Waals surface area contributed by atoms with Gasteiger partial charge in [-0.15, -0.1) is 0 Å². The Balaban J connectivity index is 1.89. The number of ether oxygens (including phenoxy) is 2. The number of hydrogen-bond acceptors (Lipinski definition) is 5. The van der Waals surface area contributed by atoms with Crippen LogP contribution in [-0.4, -0.2) is 68.3 Å². The quantitative estimate of drug-likeness (QED) is 0.575. The standard InChI is InChI=1S/C17H27N3O4/c1-4-13-14(17(22)23-3)12(2)15(19-13)16(21)18-6-5-7-20-8-10-24-11-9-20/h19H,4-11H2,1-3H3,(H,18,21). The van der Waals surface area contributed by atoms with Crippen molar-refractivity contribution in [3.63, 3.8) is 0 Å². The molecule has 0 radical (unpaired) electrons. The zero-order chi connectivity index (χ0) is 17.5. The Morgan fingerprint density at radius 3 is 2.67 bits per heavy atom. The van der Waals surface area contributed by atoms with E-state index in [-0.39, 0.29) is 5.91 Å². The molecule has 0 atom stereocenters. The number of hydrogen-bond donors (Lipinski definition) is 2. The van der Waals surface area contributed by atoms with Crippen LogP contribution in [0.5, 0.6) is 0 Å². The van der Waals surface area contributed by atoms with E-state index in [0.29, 0.717) is 29.8 Å². The summed E-state index contributed by atoms with van der Waals surface area (Å²) in [5.74, 6) is -0.591. The average Bonchev–Trinajstić information content (AvgIpc) is 2.95. The molecule has 1 amide bonds.